The Hall–Kier alpha value is -1.88. The van der Waals surface area contributed by atoms with E-state index in [1.54, 1.807) is 31.2 Å². The molecular formula is C10H11N3O2. The van der Waals surface area contributed by atoms with Crippen LogP contribution in [0.4, 0.5) is 0 Å². The summed E-state index contributed by atoms with van der Waals surface area (Å²) in [6.45, 7) is 1.59. The van der Waals surface area contributed by atoms with Gasteiger partial charge in [-0.05, 0) is 19.1 Å². The number of nitrogens with zero attached hydrogens (tertiary/aromatic N) is 1. The molecule has 5 nitrogen and oxygen atoms in total. The van der Waals surface area contributed by atoms with E-state index in [1.165, 1.54) is 0 Å². The van der Waals surface area contributed by atoms with Gasteiger partial charge in [0, 0.05) is 0 Å². The summed E-state index contributed by atoms with van der Waals surface area (Å²) < 4.78 is 1.00. The average Bonchev–Trinajstić information content (AvgIpc) is 2.17. The van der Waals surface area contributed by atoms with Crippen LogP contribution in [0.2, 0.25) is 0 Å². The van der Waals surface area contributed by atoms with Gasteiger partial charge in [0.1, 0.15) is 0 Å². The summed E-state index contributed by atoms with van der Waals surface area (Å²) in [6.07, 6.45) is -0.633. The fraction of sp³-hybridized carbons (Fsp3) is 0.200. The highest BCUT2D eigenvalue weighted by Gasteiger charge is 2.09. The second kappa shape index (κ2) is 3.36. The highest BCUT2D eigenvalue weighted by atomic mass is 16.2. The van der Waals surface area contributed by atoms with Crippen LogP contribution < -0.4 is 17.0 Å². The van der Waals surface area contributed by atoms with Gasteiger partial charge in [-0.1, -0.05) is 12.1 Å². The first kappa shape index (κ1) is 9.67. The maximum atomic E-state index is 11.9. The topological polar surface area (TPSA) is 80.9 Å². The lowest BCUT2D eigenvalue weighted by Gasteiger charge is -2.08. The van der Waals surface area contributed by atoms with Gasteiger partial charge in [0.2, 0.25) is 0 Å². The predicted octanol–water partition coefficient (Wildman–Crippen LogP) is 0.167. The molecule has 0 fully saturated rings. The zero-order valence-corrected chi connectivity index (χ0v) is 8.23. The molecule has 0 aliphatic rings. The van der Waals surface area contributed by atoms with Gasteiger partial charge in [-0.25, -0.2) is 9.36 Å². The van der Waals surface area contributed by atoms with Gasteiger partial charge < -0.3 is 10.7 Å². The number of para-hydroxylation sites is 1. The number of hydrogen-bond donors (Lipinski definition) is 2. The third kappa shape index (κ3) is 1.46. The molecule has 1 atom stereocenters. The molecule has 1 aromatic heterocycles. The fourth-order valence-corrected chi connectivity index (χ4v) is 1.55. The van der Waals surface area contributed by atoms with Crippen LogP contribution in [0, 0.1) is 0 Å². The number of nitrogens with two attached hydrogens (primary N) is 1. The maximum absolute atomic E-state index is 11.9. The second-order valence-corrected chi connectivity index (χ2v) is 3.39. The van der Waals surface area contributed by atoms with Crippen LogP contribution in [0.3, 0.4) is 0 Å². The van der Waals surface area contributed by atoms with Gasteiger partial charge in [-0.3, -0.25) is 4.79 Å². The molecule has 0 spiro atoms. The molecule has 78 valence electrons. The molecular weight excluding hydrogens is 194 g/mol. The van der Waals surface area contributed by atoms with Gasteiger partial charge >= 0.3 is 5.69 Å². The minimum atomic E-state index is -0.633. The van der Waals surface area contributed by atoms with Crippen LogP contribution in [0.25, 0.3) is 10.9 Å². The number of aromatic nitrogens is 2. The van der Waals surface area contributed by atoms with Crippen LogP contribution in [0.1, 0.15) is 13.1 Å². The van der Waals surface area contributed by atoms with Crippen molar-refractivity contribution in [2.45, 2.75) is 13.1 Å². The molecule has 0 amide bonds. The number of aromatic amines is 1. The minimum absolute atomic E-state index is 0.357. The summed E-state index contributed by atoms with van der Waals surface area (Å²) in [4.78, 5) is 26.0. The molecule has 0 saturated carbocycles. The first-order valence-electron chi connectivity index (χ1n) is 4.60. The van der Waals surface area contributed by atoms with Crippen molar-refractivity contribution < 1.29 is 0 Å². The monoisotopic (exact) mass is 205 g/mol. The van der Waals surface area contributed by atoms with E-state index in [4.69, 9.17) is 5.73 Å². The molecule has 1 unspecified atom stereocenters. The summed E-state index contributed by atoms with van der Waals surface area (Å²) >= 11 is 0. The summed E-state index contributed by atoms with van der Waals surface area (Å²) in [5.41, 5.74) is 5.25. The molecule has 0 bridgehead atoms. The highest BCUT2D eigenvalue weighted by molar-refractivity contribution is 5.76. The van der Waals surface area contributed by atoms with Crippen LogP contribution in [-0.4, -0.2) is 9.55 Å². The van der Waals surface area contributed by atoms with E-state index in [0.717, 1.165) is 4.57 Å². The molecule has 0 aliphatic heterocycles. The van der Waals surface area contributed by atoms with Crippen molar-refractivity contribution in [1.82, 2.24) is 9.55 Å². The van der Waals surface area contributed by atoms with Crippen molar-refractivity contribution in [2.24, 2.45) is 5.73 Å². The van der Waals surface area contributed by atoms with E-state index in [2.05, 4.69) is 4.98 Å². The van der Waals surface area contributed by atoms with E-state index < -0.39 is 11.9 Å². The first-order valence-corrected chi connectivity index (χ1v) is 4.60. The smallest absolute Gasteiger partial charge is 0.311 e. The Balaban J connectivity index is 2.97. The van der Waals surface area contributed by atoms with Crippen molar-refractivity contribution in [1.29, 1.82) is 0 Å². The van der Waals surface area contributed by atoms with Crippen LogP contribution >= 0.6 is 0 Å². The van der Waals surface area contributed by atoms with Crippen molar-refractivity contribution in [2.75, 3.05) is 0 Å². The molecule has 1 heterocycles. The van der Waals surface area contributed by atoms with Gasteiger partial charge in [0.15, 0.2) is 0 Å². The SMILES string of the molecule is CC(N)n1c(=O)[nH]c2ccccc2c1=O. The molecule has 15 heavy (non-hydrogen) atoms. The average molecular weight is 205 g/mol. The largest absolute Gasteiger partial charge is 0.330 e. The van der Waals surface area contributed by atoms with E-state index in [9.17, 15) is 9.59 Å². The highest BCUT2D eigenvalue weighted by Crippen LogP contribution is 2.03. The van der Waals surface area contributed by atoms with Crippen molar-refractivity contribution >= 4 is 10.9 Å². The summed E-state index contributed by atoms with van der Waals surface area (Å²) in [7, 11) is 0. The van der Waals surface area contributed by atoms with E-state index in [0.29, 0.717) is 10.9 Å². The maximum Gasteiger partial charge on any atom is 0.330 e. The Morgan fingerprint density at radius 3 is 2.67 bits per heavy atom. The quantitative estimate of drug-likeness (QED) is 0.696. The van der Waals surface area contributed by atoms with Crippen molar-refractivity contribution in [3.8, 4) is 0 Å². The summed E-state index contributed by atoms with van der Waals surface area (Å²) in [5.74, 6) is 0. The Morgan fingerprint density at radius 2 is 2.00 bits per heavy atom. The Morgan fingerprint density at radius 1 is 1.33 bits per heavy atom. The van der Waals surface area contributed by atoms with Gasteiger partial charge in [-0.15, -0.1) is 0 Å². The normalized spacial score (nSPS) is 12.9. The first-order chi connectivity index (χ1) is 7.11. The van der Waals surface area contributed by atoms with Crippen molar-refractivity contribution in [3.05, 3.63) is 45.1 Å². The van der Waals surface area contributed by atoms with E-state index in [1.807, 2.05) is 0 Å². The second-order valence-electron chi connectivity index (χ2n) is 3.39. The zero-order valence-electron chi connectivity index (χ0n) is 8.23. The molecule has 2 aromatic rings. The van der Waals surface area contributed by atoms with Crippen LogP contribution in [0.15, 0.2) is 33.9 Å². The fourth-order valence-electron chi connectivity index (χ4n) is 1.55. The molecule has 0 radical (unpaired) electrons. The molecule has 0 aliphatic carbocycles. The number of fused-ring (bicyclic) bond motifs is 1. The standard InChI is InChI=1S/C10H11N3O2/c1-6(11)13-9(14)7-4-2-3-5-8(7)12-10(13)15/h2-6H,11H2,1H3,(H,12,15). The summed E-state index contributed by atoms with van der Waals surface area (Å²) in [5, 5.41) is 0.467. The lowest BCUT2D eigenvalue weighted by atomic mass is 10.2. The zero-order chi connectivity index (χ0) is 11.0. The van der Waals surface area contributed by atoms with Gasteiger partial charge in [0.05, 0.1) is 17.1 Å². The Kier molecular flexibility index (Phi) is 2.17. The number of nitrogens with one attached hydrogen (secondary N) is 1. The third-order valence-corrected chi connectivity index (χ3v) is 2.24. The predicted molar refractivity (Wildman–Crippen MR) is 57.7 cm³/mol. The molecule has 0 saturated heterocycles. The number of hydrogen-bond acceptors (Lipinski definition) is 3. The molecule has 1 aromatic carbocycles. The van der Waals surface area contributed by atoms with E-state index in [-0.39, 0.29) is 5.56 Å². The number of benzene rings is 1. The third-order valence-electron chi connectivity index (χ3n) is 2.24. The lowest BCUT2D eigenvalue weighted by molar-refractivity contribution is 0.528. The molecule has 5 heteroatoms. The van der Waals surface area contributed by atoms with Crippen LogP contribution in [-0.2, 0) is 0 Å². The Bertz CT molecular complexity index is 610. The Labute approximate surface area is 85.2 Å². The van der Waals surface area contributed by atoms with Crippen LogP contribution in [0.5, 0.6) is 0 Å². The minimum Gasteiger partial charge on any atom is -0.311 e. The number of rotatable bonds is 1. The number of H-pyrrole nitrogens is 1. The molecule has 3 N–H and O–H groups in total. The summed E-state index contributed by atoms with van der Waals surface area (Å²) in [6, 6.07) is 6.84. The van der Waals surface area contributed by atoms with Gasteiger partial charge in [-0.2, -0.15) is 0 Å². The lowest BCUT2D eigenvalue weighted by Crippen LogP contribution is -2.40. The molecule has 2 rings (SSSR count). The van der Waals surface area contributed by atoms with Gasteiger partial charge in [0.25, 0.3) is 5.56 Å². The van der Waals surface area contributed by atoms with E-state index >= 15 is 0 Å². The van der Waals surface area contributed by atoms with Crippen molar-refractivity contribution in [3.63, 3.8) is 0 Å².